The molecule has 3 aromatic rings. The molecule has 0 aliphatic rings. The molecule has 0 atom stereocenters. The normalized spacial score (nSPS) is 10.9. The van der Waals surface area contributed by atoms with Gasteiger partial charge in [0.05, 0.1) is 23.3 Å². The maximum absolute atomic E-state index is 10.5. The lowest BCUT2D eigenvalue weighted by atomic mass is 10.1. The Morgan fingerprint density at radius 1 is 0.955 bits per heavy atom. The van der Waals surface area contributed by atoms with Crippen molar-refractivity contribution in [3.63, 3.8) is 0 Å². The quantitative estimate of drug-likeness (QED) is 0.481. The van der Waals surface area contributed by atoms with Crippen LogP contribution in [-0.4, -0.2) is 35.7 Å². The molecule has 0 fully saturated rings. The number of carboxylic acids is 1. The number of aliphatic carboxylic acids is 1. The van der Waals surface area contributed by atoms with Crippen LogP contribution < -0.4 is 10.6 Å². The van der Waals surface area contributed by atoms with Crippen molar-refractivity contribution in [3.05, 3.63) is 48.5 Å². The zero-order valence-electron chi connectivity index (χ0n) is 12.0. The van der Waals surface area contributed by atoms with E-state index in [-0.39, 0.29) is 6.54 Å². The molecule has 0 saturated heterocycles. The third-order valence-corrected chi connectivity index (χ3v) is 3.47. The van der Waals surface area contributed by atoms with E-state index in [0.29, 0.717) is 13.1 Å². The van der Waals surface area contributed by atoms with Crippen LogP contribution in [0.2, 0.25) is 0 Å². The van der Waals surface area contributed by atoms with E-state index in [0.717, 1.165) is 27.5 Å². The predicted octanol–water partition coefficient (Wildman–Crippen LogP) is 2.47. The Morgan fingerprint density at radius 2 is 1.55 bits per heavy atom. The van der Waals surface area contributed by atoms with Gasteiger partial charge in [0.25, 0.3) is 0 Å². The highest BCUT2D eigenvalue weighted by atomic mass is 16.4. The van der Waals surface area contributed by atoms with Gasteiger partial charge in [-0.05, 0) is 12.1 Å². The van der Waals surface area contributed by atoms with Crippen molar-refractivity contribution in [1.29, 1.82) is 0 Å². The second kappa shape index (κ2) is 6.41. The molecule has 0 spiro atoms. The fourth-order valence-corrected chi connectivity index (χ4v) is 2.50. The molecule has 0 amide bonds. The second-order valence-electron chi connectivity index (χ2n) is 5.02. The number of nitrogens with zero attached hydrogens (tertiary/aromatic N) is 1. The number of para-hydroxylation sites is 2. The number of carboxylic acid groups (broad SMARTS) is 1. The Hall–Kier alpha value is -2.66. The van der Waals surface area contributed by atoms with E-state index >= 15 is 0 Å². The Bertz CT molecular complexity index is 763. The second-order valence-corrected chi connectivity index (χ2v) is 5.02. The predicted molar refractivity (Wildman–Crippen MR) is 88.2 cm³/mol. The Labute approximate surface area is 128 Å². The van der Waals surface area contributed by atoms with Gasteiger partial charge in [-0.1, -0.05) is 36.4 Å². The van der Waals surface area contributed by atoms with Crippen LogP contribution in [-0.2, 0) is 4.79 Å². The van der Waals surface area contributed by atoms with Gasteiger partial charge in [0, 0.05) is 23.9 Å². The monoisotopic (exact) mass is 295 g/mol. The largest absolute Gasteiger partial charge is 0.480 e. The molecule has 0 bridgehead atoms. The Kier molecular flexibility index (Phi) is 4.16. The van der Waals surface area contributed by atoms with Crippen molar-refractivity contribution < 1.29 is 9.90 Å². The zero-order chi connectivity index (χ0) is 15.4. The smallest absolute Gasteiger partial charge is 0.317 e. The highest BCUT2D eigenvalue weighted by Gasteiger charge is 2.07. The first-order chi connectivity index (χ1) is 10.8. The molecule has 0 saturated carbocycles. The third kappa shape index (κ3) is 2.99. The zero-order valence-corrected chi connectivity index (χ0v) is 12.0. The van der Waals surface area contributed by atoms with Crippen LogP contribution in [0.3, 0.4) is 0 Å². The number of benzene rings is 2. The van der Waals surface area contributed by atoms with E-state index < -0.39 is 5.97 Å². The number of rotatable bonds is 6. The minimum atomic E-state index is -0.847. The maximum Gasteiger partial charge on any atom is 0.317 e. The number of hydrogen-bond acceptors (Lipinski definition) is 4. The number of hydrogen-bond donors (Lipinski definition) is 3. The molecule has 0 aliphatic carbocycles. The lowest BCUT2D eigenvalue weighted by Gasteiger charge is -2.13. The molecule has 0 unspecified atom stereocenters. The van der Waals surface area contributed by atoms with Crippen LogP contribution in [0.1, 0.15) is 0 Å². The van der Waals surface area contributed by atoms with Crippen LogP contribution in [0.4, 0.5) is 5.69 Å². The van der Waals surface area contributed by atoms with Crippen LogP contribution in [0, 0.1) is 0 Å². The Balaban J connectivity index is 1.89. The van der Waals surface area contributed by atoms with Gasteiger partial charge in [-0.25, -0.2) is 4.98 Å². The van der Waals surface area contributed by atoms with E-state index in [2.05, 4.69) is 15.6 Å². The van der Waals surface area contributed by atoms with E-state index in [1.807, 2.05) is 48.5 Å². The van der Waals surface area contributed by atoms with Gasteiger partial charge < -0.3 is 15.7 Å². The minimum absolute atomic E-state index is 0.0283. The number of anilines is 1. The van der Waals surface area contributed by atoms with Crippen molar-refractivity contribution >= 4 is 33.5 Å². The summed E-state index contributed by atoms with van der Waals surface area (Å²) in [7, 11) is 0. The van der Waals surface area contributed by atoms with E-state index in [9.17, 15) is 4.79 Å². The van der Waals surface area contributed by atoms with Crippen LogP contribution in [0.5, 0.6) is 0 Å². The standard InChI is InChI=1S/C17H17N3O2/c21-16(22)11-18-9-10-19-17-12-5-1-3-7-14(12)20-15-8-4-2-6-13(15)17/h1-8,18H,9-11H2,(H,19,20)(H,21,22). The summed E-state index contributed by atoms with van der Waals surface area (Å²) in [6.45, 7) is 1.20. The first-order valence-electron chi connectivity index (χ1n) is 7.19. The topological polar surface area (TPSA) is 74.2 Å². The summed E-state index contributed by atoms with van der Waals surface area (Å²) in [5, 5.41) is 17.0. The van der Waals surface area contributed by atoms with Crippen LogP contribution >= 0.6 is 0 Å². The molecule has 1 aromatic heterocycles. The molecule has 112 valence electrons. The van der Waals surface area contributed by atoms with Gasteiger partial charge in [-0.15, -0.1) is 0 Å². The summed E-state index contributed by atoms with van der Waals surface area (Å²) in [4.78, 5) is 15.2. The van der Waals surface area contributed by atoms with E-state index in [1.54, 1.807) is 0 Å². The average Bonchev–Trinajstić information content (AvgIpc) is 2.53. The molecule has 22 heavy (non-hydrogen) atoms. The fourth-order valence-electron chi connectivity index (χ4n) is 2.50. The molecule has 0 radical (unpaired) electrons. The fraction of sp³-hybridized carbons (Fsp3) is 0.176. The summed E-state index contributed by atoms with van der Waals surface area (Å²) in [6.07, 6.45) is 0. The van der Waals surface area contributed by atoms with Crippen molar-refractivity contribution in [1.82, 2.24) is 10.3 Å². The summed E-state index contributed by atoms with van der Waals surface area (Å²) in [5.74, 6) is -0.847. The minimum Gasteiger partial charge on any atom is -0.480 e. The summed E-state index contributed by atoms with van der Waals surface area (Å²) in [6, 6.07) is 16.0. The average molecular weight is 295 g/mol. The molecule has 2 aromatic carbocycles. The van der Waals surface area contributed by atoms with E-state index in [1.165, 1.54) is 0 Å². The highest BCUT2D eigenvalue weighted by molar-refractivity contribution is 6.07. The van der Waals surface area contributed by atoms with Gasteiger partial charge in [0.2, 0.25) is 0 Å². The molecule has 0 aliphatic heterocycles. The molecule has 5 nitrogen and oxygen atoms in total. The lowest BCUT2D eigenvalue weighted by molar-refractivity contribution is -0.135. The molecule has 3 rings (SSSR count). The van der Waals surface area contributed by atoms with Crippen molar-refractivity contribution in [3.8, 4) is 0 Å². The number of aromatic nitrogens is 1. The van der Waals surface area contributed by atoms with Gasteiger partial charge in [0.15, 0.2) is 0 Å². The Morgan fingerprint density at radius 3 is 2.14 bits per heavy atom. The SMILES string of the molecule is O=C(O)CNCCNc1c2ccccc2nc2ccccc12. The van der Waals surface area contributed by atoms with Crippen molar-refractivity contribution in [2.45, 2.75) is 0 Å². The molecular weight excluding hydrogens is 278 g/mol. The van der Waals surface area contributed by atoms with Crippen molar-refractivity contribution in [2.75, 3.05) is 25.0 Å². The summed E-state index contributed by atoms with van der Waals surface area (Å²) in [5.41, 5.74) is 2.93. The molecule has 3 N–H and O–H groups in total. The van der Waals surface area contributed by atoms with Gasteiger partial charge >= 0.3 is 5.97 Å². The molecule has 5 heteroatoms. The molecule has 1 heterocycles. The molecular formula is C17H17N3O2. The first kappa shape index (κ1) is 14.3. The maximum atomic E-state index is 10.5. The number of carbonyl (C=O) groups is 1. The van der Waals surface area contributed by atoms with Gasteiger partial charge in [-0.2, -0.15) is 0 Å². The lowest BCUT2D eigenvalue weighted by Crippen LogP contribution is -2.27. The van der Waals surface area contributed by atoms with Crippen molar-refractivity contribution in [2.24, 2.45) is 0 Å². The number of nitrogens with one attached hydrogen (secondary N) is 2. The van der Waals surface area contributed by atoms with Crippen LogP contribution in [0.25, 0.3) is 21.8 Å². The van der Waals surface area contributed by atoms with Gasteiger partial charge in [0.1, 0.15) is 0 Å². The van der Waals surface area contributed by atoms with Crippen LogP contribution in [0.15, 0.2) is 48.5 Å². The van der Waals surface area contributed by atoms with E-state index in [4.69, 9.17) is 5.11 Å². The first-order valence-corrected chi connectivity index (χ1v) is 7.19. The number of pyridine rings is 1. The third-order valence-electron chi connectivity index (χ3n) is 3.47. The number of fused-ring (bicyclic) bond motifs is 2. The highest BCUT2D eigenvalue weighted by Crippen LogP contribution is 2.30. The van der Waals surface area contributed by atoms with Gasteiger partial charge in [-0.3, -0.25) is 4.79 Å². The summed E-state index contributed by atoms with van der Waals surface area (Å²) >= 11 is 0. The summed E-state index contributed by atoms with van der Waals surface area (Å²) < 4.78 is 0.